The minimum absolute atomic E-state index is 0.0546. The molecule has 0 atom stereocenters. The van der Waals surface area contributed by atoms with E-state index in [-0.39, 0.29) is 17.5 Å². The van der Waals surface area contributed by atoms with Crippen molar-refractivity contribution in [2.45, 2.75) is 31.8 Å². The first-order chi connectivity index (χ1) is 12.5. The molecular weight excluding hydrogens is 360 g/mol. The van der Waals surface area contributed by atoms with Crippen LogP contribution in [0.5, 0.6) is 0 Å². The lowest BCUT2D eigenvalue weighted by atomic mass is 10.4. The molecule has 0 N–H and O–H groups in total. The van der Waals surface area contributed by atoms with E-state index in [0.29, 0.717) is 32.9 Å². The first-order valence-corrected chi connectivity index (χ1v) is 10.3. The fourth-order valence-electron chi connectivity index (χ4n) is 1.98. The monoisotopic (exact) mass is 388 g/mol. The van der Waals surface area contributed by atoms with Gasteiger partial charge in [-0.25, -0.2) is 18.2 Å². The smallest absolute Gasteiger partial charge is 0.346 e. The van der Waals surface area contributed by atoms with E-state index < -0.39 is 15.9 Å². The van der Waals surface area contributed by atoms with E-state index in [4.69, 9.17) is 9.47 Å². The highest BCUT2D eigenvalue weighted by Crippen LogP contribution is 2.05. The van der Waals surface area contributed by atoms with Gasteiger partial charge in [0.25, 0.3) is 5.16 Å². The molecule has 0 bridgehead atoms. The number of hydrogen-bond acceptors (Lipinski definition) is 7. The molecule has 0 aliphatic carbocycles. The van der Waals surface area contributed by atoms with Gasteiger partial charge in [-0.05, 0) is 13.3 Å². The molecule has 0 spiro atoms. The fraction of sp³-hybridized carbons (Fsp3) is 0.688. The number of nitrogens with zero attached hydrogens (tertiary/aromatic N) is 4. The van der Waals surface area contributed by atoms with Crippen molar-refractivity contribution in [2.75, 3.05) is 45.3 Å². The Morgan fingerprint density at radius 3 is 2.73 bits per heavy atom. The Morgan fingerprint density at radius 1 is 1.31 bits per heavy atom. The second-order valence-electron chi connectivity index (χ2n) is 5.47. The molecule has 0 saturated carbocycles. The van der Waals surface area contributed by atoms with Gasteiger partial charge in [-0.15, -0.1) is 11.7 Å². The third kappa shape index (κ3) is 7.22. The molecule has 0 unspecified atom stereocenters. The summed E-state index contributed by atoms with van der Waals surface area (Å²) in [6, 6.07) is -0.484. The molecule has 0 saturated heterocycles. The molecule has 1 heterocycles. The third-order valence-electron chi connectivity index (χ3n) is 3.41. The van der Waals surface area contributed by atoms with Crippen molar-refractivity contribution in [3.8, 4) is 0 Å². The van der Waals surface area contributed by atoms with Crippen LogP contribution in [0, 0.1) is 0 Å². The van der Waals surface area contributed by atoms with Crippen LogP contribution in [-0.4, -0.2) is 79.4 Å². The Morgan fingerprint density at radius 2 is 2.08 bits per heavy atom. The van der Waals surface area contributed by atoms with Crippen LogP contribution in [0.3, 0.4) is 0 Å². The summed E-state index contributed by atoms with van der Waals surface area (Å²) >= 11 is 0. The molecule has 1 aromatic heterocycles. The standard InChI is InChI=1S/C16H28N4O5S/c1-4-7-10-25-11-9-19(8-5-2)16(21)20-14-17-15(18-20)26(22,23)13-12-24-6-3/h5,14H,2,4,6-13H2,1,3H3. The Kier molecular flexibility index (Phi) is 10.1. The van der Waals surface area contributed by atoms with Gasteiger partial charge < -0.3 is 14.4 Å². The highest BCUT2D eigenvalue weighted by molar-refractivity contribution is 7.91. The molecule has 148 valence electrons. The van der Waals surface area contributed by atoms with Crippen LogP contribution >= 0.6 is 0 Å². The predicted molar refractivity (Wildman–Crippen MR) is 96.9 cm³/mol. The van der Waals surface area contributed by atoms with Crippen molar-refractivity contribution < 1.29 is 22.7 Å². The van der Waals surface area contributed by atoms with Crippen molar-refractivity contribution in [1.29, 1.82) is 0 Å². The molecule has 10 heteroatoms. The zero-order valence-corrected chi connectivity index (χ0v) is 16.3. The first-order valence-electron chi connectivity index (χ1n) is 8.66. The van der Waals surface area contributed by atoms with E-state index in [1.54, 1.807) is 13.0 Å². The number of ether oxygens (including phenoxy) is 2. The number of sulfone groups is 1. The van der Waals surface area contributed by atoms with Gasteiger partial charge in [-0.1, -0.05) is 19.4 Å². The lowest BCUT2D eigenvalue weighted by Gasteiger charge is -2.20. The number of rotatable bonds is 13. The van der Waals surface area contributed by atoms with Crippen LogP contribution < -0.4 is 0 Å². The van der Waals surface area contributed by atoms with Gasteiger partial charge in [0, 0.05) is 26.3 Å². The summed E-state index contributed by atoms with van der Waals surface area (Å²) < 4.78 is 35.7. The summed E-state index contributed by atoms with van der Waals surface area (Å²) in [5.74, 6) is -0.235. The van der Waals surface area contributed by atoms with Crippen LogP contribution in [-0.2, 0) is 19.3 Å². The van der Waals surface area contributed by atoms with Crippen molar-refractivity contribution >= 4 is 15.9 Å². The van der Waals surface area contributed by atoms with Crippen LogP contribution in [0.15, 0.2) is 24.1 Å². The molecule has 0 aliphatic heterocycles. The predicted octanol–water partition coefficient (Wildman–Crippen LogP) is 1.36. The van der Waals surface area contributed by atoms with Gasteiger partial charge in [0.05, 0.1) is 19.0 Å². The maximum absolute atomic E-state index is 12.5. The average molecular weight is 388 g/mol. The van der Waals surface area contributed by atoms with E-state index in [1.165, 1.54) is 4.90 Å². The zero-order chi connectivity index (χ0) is 19.4. The lowest BCUT2D eigenvalue weighted by molar-refractivity contribution is 0.110. The molecule has 0 aromatic carbocycles. The van der Waals surface area contributed by atoms with Gasteiger partial charge in [0.15, 0.2) is 0 Å². The van der Waals surface area contributed by atoms with E-state index in [9.17, 15) is 13.2 Å². The maximum Gasteiger partial charge on any atom is 0.346 e. The van der Waals surface area contributed by atoms with Gasteiger partial charge in [0.1, 0.15) is 6.33 Å². The number of unbranched alkanes of at least 4 members (excludes halogenated alkanes) is 1. The van der Waals surface area contributed by atoms with E-state index >= 15 is 0 Å². The Labute approximate surface area is 154 Å². The summed E-state index contributed by atoms with van der Waals surface area (Å²) in [7, 11) is -3.69. The number of amides is 1. The zero-order valence-electron chi connectivity index (χ0n) is 15.5. The quantitative estimate of drug-likeness (QED) is 0.371. The topological polar surface area (TPSA) is 104 Å². The second kappa shape index (κ2) is 11.8. The van der Waals surface area contributed by atoms with Crippen molar-refractivity contribution in [1.82, 2.24) is 19.7 Å². The van der Waals surface area contributed by atoms with Crippen molar-refractivity contribution in [2.24, 2.45) is 0 Å². The Bertz CT molecular complexity index is 659. The highest BCUT2D eigenvalue weighted by atomic mass is 32.2. The number of aromatic nitrogens is 3. The molecule has 0 fully saturated rings. The Hall–Kier alpha value is -1.78. The molecule has 9 nitrogen and oxygen atoms in total. The molecule has 1 aromatic rings. The average Bonchev–Trinajstić information content (AvgIpc) is 3.11. The molecule has 1 amide bonds. The Balaban J connectivity index is 2.71. The van der Waals surface area contributed by atoms with Gasteiger partial charge in [0.2, 0.25) is 9.84 Å². The number of hydrogen-bond donors (Lipinski definition) is 0. The molecule has 1 rings (SSSR count). The van der Waals surface area contributed by atoms with Crippen LogP contribution in [0.25, 0.3) is 0 Å². The SMILES string of the molecule is C=CCN(CCOCCCC)C(=O)n1cnc(S(=O)(=O)CCOCC)n1. The molecule has 26 heavy (non-hydrogen) atoms. The van der Waals surface area contributed by atoms with Crippen LogP contribution in [0.4, 0.5) is 4.79 Å². The molecule has 0 aliphatic rings. The summed E-state index contributed by atoms with van der Waals surface area (Å²) in [5, 5.41) is 3.43. The second-order valence-corrected chi connectivity index (χ2v) is 7.47. The largest absolute Gasteiger partial charge is 0.381 e. The lowest BCUT2D eigenvalue weighted by Crippen LogP contribution is -2.37. The third-order valence-corrected chi connectivity index (χ3v) is 4.86. The summed E-state index contributed by atoms with van der Waals surface area (Å²) in [6.45, 7) is 9.62. The normalized spacial score (nSPS) is 11.5. The minimum Gasteiger partial charge on any atom is -0.381 e. The van der Waals surface area contributed by atoms with Gasteiger partial charge in [-0.2, -0.15) is 4.68 Å². The molecular formula is C16H28N4O5S. The van der Waals surface area contributed by atoms with E-state index in [2.05, 4.69) is 23.6 Å². The summed E-state index contributed by atoms with van der Waals surface area (Å²) in [6.07, 6.45) is 4.68. The number of carbonyl (C=O) groups is 1. The van der Waals surface area contributed by atoms with Crippen molar-refractivity contribution in [3.05, 3.63) is 19.0 Å². The fourth-order valence-corrected chi connectivity index (χ4v) is 2.92. The highest BCUT2D eigenvalue weighted by Gasteiger charge is 2.23. The van der Waals surface area contributed by atoms with Crippen molar-refractivity contribution in [3.63, 3.8) is 0 Å². The van der Waals surface area contributed by atoms with E-state index in [0.717, 1.165) is 23.9 Å². The summed E-state index contributed by atoms with van der Waals surface area (Å²) in [4.78, 5) is 17.7. The van der Waals surface area contributed by atoms with Crippen LogP contribution in [0.2, 0.25) is 0 Å². The van der Waals surface area contributed by atoms with Crippen LogP contribution in [0.1, 0.15) is 26.7 Å². The first kappa shape index (κ1) is 22.3. The maximum atomic E-state index is 12.5. The summed E-state index contributed by atoms with van der Waals surface area (Å²) in [5.41, 5.74) is 0. The molecule has 0 radical (unpaired) electrons. The van der Waals surface area contributed by atoms with E-state index in [1.807, 2.05) is 0 Å². The van der Waals surface area contributed by atoms with Gasteiger partial charge in [-0.3, -0.25) is 0 Å². The number of carbonyl (C=O) groups excluding carboxylic acids is 1. The minimum atomic E-state index is -3.69. The van der Waals surface area contributed by atoms with Gasteiger partial charge >= 0.3 is 6.03 Å².